The minimum atomic E-state index is -0.853. The lowest BCUT2D eigenvalue weighted by Crippen LogP contribution is -2.31. The molecule has 2 aromatic rings. The number of aliphatic carboxylic acids is 1. The molecule has 2 rings (SSSR count). The van der Waals surface area contributed by atoms with Crippen molar-refractivity contribution in [2.24, 2.45) is 0 Å². The van der Waals surface area contributed by atoms with Gasteiger partial charge in [-0.05, 0) is 12.5 Å². The van der Waals surface area contributed by atoms with Gasteiger partial charge in [-0.15, -0.1) is 0 Å². The Hall–Kier alpha value is -2.11. The van der Waals surface area contributed by atoms with Crippen LogP contribution in [-0.2, 0) is 4.79 Å². The highest BCUT2D eigenvalue weighted by atomic mass is 16.4. The molecule has 0 saturated carbocycles. The maximum Gasteiger partial charge on any atom is 0.323 e. The summed E-state index contributed by atoms with van der Waals surface area (Å²) in [6.07, 6.45) is 4.31. The molecule has 1 N–H and O–H groups in total. The first-order chi connectivity index (χ1) is 8.20. The van der Waals surface area contributed by atoms with Gasteiger partial charge in [0.1, 0.15) is 12.4 Å². The molecular weight excluding hydrogens is 220 g/mol. The van der Waals surface area contributed by atoms with Crippen molar-refractivity contribution in [2.45, 2.75) is 13.3 Å². The smallest absolute Gasteiger partial charge is 0.323 e. The van der Waals surface area contributed by atoms with Gasteiger partial charge in [0, 0.05) is 18.8 Å². The number of hydrogen-bond acceptors (Lipinski definition) is 4. The first-order valence-electron chi connectivity index (χ1n) is 5.48. The van der Waals surface area contributed by atoms with E-state index in [0.717, 1.165) is 6.42 Å². The van der Waals surface area contributed by atoms with E-state index in [1.807, 2.05) is 6.92 Å². The van der Waals surface area contributed by atoms with Gasteiger partial charge in [0.2, 0.25) is 0 Å². The summed E-state index contributed by atoms with van der Waals surface area (Å²) in [6.45, 7) is 2.64. The third kappa shape index (κ3) is 2.52. The highest BCUT2D eigenvalue weighted by molar-refractivity contribution is 5.73. The monoisotopic (exact) mass is 234 g/mol. The number of carboxylic acid groups (broad SMARTS) is 1. The zero-order chi connectivity index (χ0) is 12.3. The molecular formula is C11H14N4O2. The predicted molar refractivity (Wildman–Crippen MR) is 63.1 cm³/mol. The minimum absolute atomic E-state index is 0.0366. The number of hydrogen-bond donors (Lipinski definition) is 1. The van der Waals surface area contributed by atoms with Crippen LogP contribution < -0.4 is 4.90 Å². The van der Waals surface area contributed by atoms with Crippen LogP contribution in [0.4, 0.5) is 5.82 Å². The summed E-state index contributed by atoms with van der Waals surface area (Å²) in [5, 5.41) is 12.9. The second kappa shape index (κ2) is 4.82. The van der Waals surface area contributed by atoms with Gasteiger partial charge in [0.15, 0.2) is 5.65 Å². The summed E-state index contributed by atoms with van der Waals surface area (Å²) in [4.78, 5) is 16.9. The molecule has 0 aliphatic carbocycles. The Morgan fingerprint density at radius 2 is 2.35 bits per heavy atom. The van der Waals surface area contributed by atoms with Crippen molar-refractivity contribution >= 4 is 17.4 Å². The van der Waals surface area contributed by atoms with Gasteiger partial charge in [0.25, 0.3) is 0 Å². The fourth-order valence-electron chi connectivity index (χ4n) is 1.69. The van der Waals surface area contributed by atoms with Crippen molar-refractivity contribution in [1.29, 1.82) is 0 Å². The van der Waals surface area contributed by atoms with E-state index >= 15 is 0 Å². The maximum atomic E-state index is 10.8. The molecule has 0 spiro atoms. The lowest BCUT2D eigenvalue weighted by Gasteiger charge is -2.20. The molecule has 90 valence electrons. The Morgan fingerprint density at radius 3 is 3.06 bits per heavy atom. The Balaban J connectivity index is 2.29. The molecule has 2 heterocycles. The first-order valence-corrected chi connectivity index (χ1v) is 5.48. The van der Waals surface area contributed by atoms with E-state index in [9.17, 15) is 4.79 Å². The molecule has 0 saturated heterocycles. The molecule has 2 aromatic heterocycles. The Morgan fingerprint density at radius 1 is 1.53 bits per heavy atom. The van der Waals surface area contributed by atoms with Crippen LogP contribution in [0.25, 0.3) is 5.65 Å². The molecule has 0 aliphatic heterocycles. The number of anilines is 1. The Kier molecular flexibility index (Phi) is 3.22. The van der Waals surface area contributed by atoms with Crippen molar-refractivity contribution in [1.82, 2.24) is 14.6 Å². The van der Waals surface area contributed by atoms with Gasteiger partial charge in [-0.3, -0.25) is 4.79 Å². The van der Waals surface area contributed by atoms with Crippen LogP contribution in [0.2, 0.25) is 0 Å². The van der Waals surface area contributed by atoms with Crippen LogP contribution in [0.1, 0.15) is 13.3 Å². The van der Waals surface area contributed by atoms with Crippen LogP contribution in [-0.4, -0.2) is 38.8 Å². The number of carboxylic acids is 1. The number of nitrogens with zero attached hydrogens (tertiary/aromatic N) is 4. The second-order valence-electron chi connectivity index (χ2n) is 3.74. The predicted octanol–water partition coefficient (Wildman–Crippen LogP) is 1.03. The third-order valence-corrected chi connectivity index (χ3v) is 2.39. The SMILES string of the molecule is CCCN(CC(=O)O)c1ccn2nccc2n1. The van der Waals surface area contributed by atoms with Crippen molar-refractivity contribution in [3.8, 4) is 0 Å². The first kappa shape index (κ1) is 11.4. The molecule has 0 aliphatic rings. The van der Waals surface area contributed by atoms with Gasteiger partial charge in [-0.25, -0.2) is 9.50 Å². The summed E-state index contributed by atoms with van der Waals surface area (Å²) >= 11 is 0. The molecule has 0 amide bonds. The van der Waals surface area contributed by atoms with E-state index in [0.29, 0.717) is 18.0 Å². The van der Waals surface area contributed by atoms with Gasteiger partial charge in [-0.1, -0.05) is 6.92 Å². The molecule has 0 atom stereocenters. The Bertz CT molecular complexity index is 523. The largest absolute Gasteiger partial charge is 0.480 e. The molecule has 0 fully saturated rings. The summed E-state index contributed by atoms with van der Waals surface area (Å²) < 4.78 is 1.65. The van der Waals surface area contributed by atoms with Crippen LogP contribution in [0, 0.1) is 0 Å². The summed E-state index contributed by atoms with van der Waals surface area (Å²) in [7, 11) is 0. The van der Waals surface area contributed by atoms with E-state index in [2.05, 4.69) is 10.1 Å². The zero-order valence-corrected chi connectivity index (χ0v) is 9.58. The Labute approximate surface area is 98.5 Å². The standard InChI is InChI=1S/C11H14N4O2/c1-2-6-14(8-11(16)17)9-4-7-15-10(13-9)3-5-12-15/h3-5,7H,2,6,8H2,1H3,(H,16,17). The molecule has 6 nitrogen and oxygen atoms in total. The van der Waals surface area contributed by atoms with Crippen molar-refractivity contribution < 1.29 is 9.90 Å². The summed E-state index contributed by atoms with van der Waals surface area (Å²) in [5.41, 5.74) is 0.717. The van der Waals surface area contributed by atoms with Crippen molar-refractivity contribution in [2.75, 3.05) is 18.0 Å². The number of aromatic nitrogens is 3. The van der Waals surface area contributed by atoms with E-state index in [1.54, 1.807) is 33.9 Å². The lowest BCUT2D eigenvalue weighted by molar-refractivity contribution is -0.135. The fourth-order valence-corrected chi connectivity index (χ4v) is 1.69. The molecule has 0 radical (unpaired) electrons. The minimum Gasteiger partial charge on any atom is -0.480 e. The number of carbonyl (C=O) groups is 1. The van der Waals surface area contributed by atoms with Crippen molar-refractivity contribution in [3.63, 3.8) is 0 Å². The molecule has 17 heavy (non-hydrogen) atoms. The summed E-state index contributed by atoms with van der Waals surface area (Å²) in [5.74, 6) is -0.184. The van der Waals surface area contributed by atoms with Gasteiger partial charge in [0.05, 0.1) is 6.20 Å². The molecule has 6 heteroatoms. The number of fused-ring (bicyclic) bond motifs is 1. The highest BCUT2D eigenvalue weighted by Gasteiger charge is 2.11. The van der Waals surface area contributed by atoms with Gasteiger partial charge < -0.3 is 10.0 Å². The quantitative estimate of drug-likeness (QED) is 0.836. The maximum absolute atomic E-state index is 10.8. The normalized spacial score (nSPS) is 10.6. The topological polar surface area (TPSA) is 70.7 Å². The second-order valence-corrected chi connectivity index (χ2v) is 3.74. The molecule has 0 unspecified atom stereocenters. The van der Waals surface area contributed by atoms with Crippen LogP contribution >= 0.6 is 0 Å². The average Bonchev–Trinajstić information content (AvgIpc) is 2.74. The van der Waals surface area contributed by atoms with Gasteiger partial charge >= 0.3 is 5.97 Å². The van der Waals surface area contributed by atoms with Crippen LogP contribution in [0.3, 0.4) is 0 Å². The number of rotatable bonds is 5. The highest BCUT2D eigenvalue weighted by Crippen LogP contribution is 2.12. The van der Waals surface area contributed by atoms with Crippen LogP contribution in [0.15, 0.2) is 24.5 Å². The van der Waals surface area contributed by atoms with Gasteiger partial charge in [-0.2, -0.15) is 5.10 Å². The zero-order valence-electron chi connectivity index (χ0n) is 9.58. The van der Waals surface area contributed by atoms with E-state index in [1.165, 1.54) is 0 Å². The van der Waals surface area contributed by atoms with E-state index < -0.39 is 5.97 Å². The van der Waals surface area contributed by atoms with Crippen molar-refractivity contribution in [3.05, 3.63) is 24.5 Å². The lowest BCUT2D eigenvalue weighted by atomic mass is 10.4. The molecule has 0 aromatic carbocycles. The summed E-state index contributed by atoms with van der Waals surface area (Å²) in [6, 6.07) is 3.56. The molecule has 0 bridgehead atoms. The third-order valence-electron chi connectivity index (χ3n) is 2.39. The van der Waals surface area contributed by atoms with E-state index in [-0.39, 0.29) is 6.54 Å². The van der Waals surface area contributed by atoms with E-state index in [4.69, 9.17) is 5.11 Å². The van der Waals surface area contributed by atoms with Crippen LogP contribution in [0.5, 0.6) is 0 Å². The fraction of sp³-hybridized carbons (Fsp3) is 0.364. The average molecular weight is 234 g/mol.